The van der Waals surface area contributed by atoms with Gasteiger partial charge in [-0.1, -0.05) is 36.4 Å². The van der Waals surface area contributed by atoms with Gasteiger partial charge in [-0.05, 0) is 36.4 Å². The molecule has 0 bridgehead atoms. The van der Waals surface area contributed by atoms with E-state index in [4.69, 9.17) is 0 Å². The molecule has 0 saturated heterocycles. The van der Waals surface area contributed by atoms with Gasteiger partial charge in [-0.2, -0.15) is 0 Å². The number of phenols is 3. The van der Waals surface area contributed by atoms with E-state index in [-0.39, 0.29) is 34.3 Å². The van der Waals surface area contributed by atoms with Crippen LogP contribution >= 0.6 is 0 Å². The fourth-order valence-corrected chi connectivity index (χ4v) is 3.21. The quantitative estimate of drug-likeness (QED) is 0.254. The Morgan fingerprint density at radius 2 is 0.800 bits per heavy atom. The van der Waals surface area contributed by atoms with Crippen molar-refractivity contribution in [2.75, 3.05) is 39.3 Å². The minimum absolute atomic E-state index is 0. The van der Waals surface area contributed by atoms with Crippen LogP contribution in [-0.4, -0.2) is 78.1 Å². The maximum absolute atomic E-state index is 9.86. The van der Waals surface area contributed by atoms with Gasteiger partial charge in [0.2, 0.25) is 0 Å². The van der Waals surface area contributed by atoms with Crippen LogP contribution in [0.3, 0.4) is 0 Å². The van der Waals surface area contributed by atoms with Crippen molar-refractivity contribution in [2.24, 2.45) is 15.0 Å². The first-order chi connectivity index (χ1) is 16.6. The monoisotopic (exact) mass is 513 g/mol. The summed E-state index contributed by atoms with van der Waals surface area (Å²) in [6.07, 6.45) is 5.04. The van der Waals surface area contributed by atoms with E-state index in [2.05, 4.69) is 19.9 Å². The van der Waals surface area contributed by atoms with E-state index < -0.39 is 0 Å². The molecular formula is C27H30MnN4O3+3. The molecule has 0 amide bonds. The summed E-state index contributed by atoms with van der Waals surface area (Å²) in [5, 5.41) is 29.6. The van der Waals surface area contributed by atoms with Gasteiger partial charge in [-0.25, -0.2) is 0 Å². The normalized spacial score (nSPS) is 11.6. The molecule has 3 N–H and O–H groups in total. The largest absolute Gasteiger partial charge is 3.00 e. The van der Waals surface area contributed by atoms with E-state index in [9.17, 15) is 15.3 Å². The van der Waals surface area contributed by atoms with E-state index >= 15 is 0 Å². The predicted molar refractivity (Wildman–Crippen MR) is 138 cm³/mol. The van der Waals surface area contributed by atoms with Gasteiger partial charge in [0.1, 0.15) is 17.2 Å². The van der Waals surface area contributed by atoms with Gasteiger partial charge in [-0.15, -0.1) is 0 Å². The number of benzene rings is 3. The molecule has 7 nitrogen and oxygen atoms in total. The van der Waals surface area contributed by atoms with E-state index in [1.54, 1.807) is 55.0 Å². The second-order valence-electron chi connectivity index (χ2n) is 7.62. The SMILES string of the molecule is Oc1ccccc1C=NCCN(CCN=Cc1ccccc1O)CCN=Cc1ccccc1O.[Mn+3]. The minimum Gasteiger partial charge on any atom is -0.507 e. The molecule has 8 heteroatoms. The Morgan fingerprint density at radius 3 is 1.09 bits per heavy atom. The van der Waals surface area contributed by atoms with Crippen molar-refractivity contribution in [1.29, 1.82) is 0 Å². The molecule has 0 aliphatic rings. The molecule has 0 spiro atoms. The fourth-order valence-electron chi connectivity index (χ4n) is 3.21. The standard InChI is InChI=1S/C27H30N4O3.Mn/c32-25-10-4-1-7-22(25)19-28-13-16-31(17-14-29-20-23-8-2-5-11-26(23)33)18-15-30-21-24-9-3-6-12-27(24)34;/h1-12,19-21,32-34H,13-18H2;/q;+3. The molecule has 0 unspecified atom stereocenters. The number of aliphatic imine (C=N–C) groups is 3. The van der Waals surface area contributed by atoms with Crippen LogP contribution < -0.4 is 0 Å². The van der Waals surface area contributed by atoms with Crippen molar-refractivity contribution in [3.63, 3.8) is 0 Å². The van der Waals surface area contributed by atoms with Crippen molar-refractivity contribution in [3.8, 4) is 17.2 Å². The first kappa shape index (κ1) is 27.8. The second kappa shape index (κ2) is 15.5. The molecule has 0 heterocycles. The third-order valence-corrected chi connectivity index (χ3v) is 5.14. The van der Waals surface area contributed by atoms with Crippen LogP contribution in [0.15, 0.2) is 87.8 Å². The van der Waals surface area contributed by atoms with Gasteiger partial charge in [0.25, 0.3) is 0 Å². The van der Waals surface area contributed by atoms with Crippen LogP contribution in [0.1, 0.15) is 16.7 Å². The van der Waals surface area contributed by atoms with Gasteiger partial charge < -0.3 is 15.3 Å². The molecule has 3 aromatic rings. The molecule has 3 rings (SSSR count). The summed E-state index contributed by atoms with van der Waals surface area (Å²) in [5.74, 6) is 0.625. The third-order valence-electron chi connectivity index (χ3n) is 5.14. The van der Waals surface area contributed by atoms with Crippen LogP contribution in [0.25, 0.3) is 0 Å². The van der Waals surface area contributed by atoms with E-state index in [1.165, 1.54) is 0 Å². The number of para-hydroxylation sites is 3. The molecule has 0 aliphatic carbocycles. The van der Waals surface area contributed by atoms with Crippen LogP contribution in [0.4, 0.5) is 0 Å². The zero-order valence-electron chi connectivity index (χ0n) is 19.4. The molecule has 0 fully saturated rings. The van der Waals surface area contributed by atoms with Crippen LogP contribution in [0.5, 0.6) is 17.2 Å². The number of aromatic hydroxyl groups is 3. The summed E-state index contributed by atoms with van der Waals surface area (Å²) in [6, 6.07) is 21.3. The Balaban J connectivity index is 0.00000432. The van der Waals surface area contributed by atoms with Gasteiger partial charge in [-0.3, -0.25) is 19.9 Å². The summed E-state index contributed by atoms with van der Waals surface area (Å²) in [4.78, 5) is 15.6. The van der Waals surface area contributed by atoms with Crippen molar-refractivity contribution in [3.05, 3.63) is 89.5 Å². The average Bonchev–Trinajstić information content (AvgIpc) is 2.84. The summed E-state index contributed by atoms with van der Waals surface area (Å²) in [6.45, 7) is 3.84. The van der Waals surface area contributed by atoms with Crippen molar-refractivity contribution in [1.82, 2.24) is 4.90 Å². The van der Waals surface area contributed by atoms with Crippen LogP contribution in [0.2, 0.25) is 0 Å². The summed E-state index contributed by atoms with van der Waals surface area (Å²) >= 11 is 0. The van der Waals surface area contributed by atoms with Gasteiger partial charge in [0.15, 0.2) is 0 Å². The number of hydrogen-bond acceptors (Lipinski definition) is 7. The molecular weight excluding hydrogens is 483 g/mol. The molecule has 0 atom stereocenters. The van der Waals surface area contributed by atoms with Gasteiger partial charge in [0, 0.05) is 55.0 Å². The van der Waals surface area contributed by atoms with Crippen LogP contribution in [0, 0.1) is 0 Å². The molecule has 0 aromatic heterocycles. The number of rotatable bonds is 12. The minimum atomic E-state index is 0. The summed E-state index contributed by atoms with van der Waals surface area (Å²) in [5.41, 5.74) is 2.07. The molecule has 3 aromatic carbocycles. The third kappa shape index (κ3) is 9.74. The molecule has 0 aliphatic heterocycles. The molecule has 180 valence electrons. The topological polar surface area (TPSA) is 101 Å². The van der Waals surface area contributed by atoms with E-state index in [0.717, 1.165) is 0 Å². The Bertz CT molecular complexity index is 993. The number of nitrogens with zero attached hydrogens (tertiary/aromatic N) is 4. The first-order valence-electron chi connectivity index (χ1n) is 11.2. The van der Waals surface area contributed by atoms with Gasteiger partial charge in [0.05, 0.1) is 19.6 Å². The maximum Gasteiger partial charge on any atom is 3.00 e. The summed E-state index contributed by atoms with van der Waals surface area (Å²) < 4.78 is 0. The zero-order chi connectivity index (χ0) is 24.0. The first-order valence-corrected chi connectivity index (χ1v) is 11.2. The Morgan fingerprint density at radius 1 is 0.514 bits per heavy atom. The zero-order valence-corrected chi connectivity index (χ0v) is 20.6. The van der Waals surface area contributed by atoms with E-state index in [0.29, 0.717) is 56.0 Å². The Kier molecular flexibility index (Phi) is 12.3. The van der Waals surface area contributed by atoms with Crippen molar-refractivity contribution < 1.29 is 32.4 Å². The maximum atomic E-state index is 9.86. The summed E-state index contributed by atoms with van der Waals surface area (Å²) in [7, 11) is 0. The predicted octanol–water partition coefficient (Wildman–Crippen LogP) is 3.76. The molecule has 0 radical (unpaired) electrons. The number of phenolic OH excluding ortho intramolecular Hbond substituents is 3. The Labute approximate surface area is 216 Å². The molecule has 0 saturated carbocycles. The molecule has 35 heavy (non-hydrogen) atoms. The van der Waals surface area contributed by atoms with Crippen molar-refractivity contribution >= 4 is 18.6 Å². The van der Waals surface area contributed by atoms with Gasteiger partial charge >= 0.3 is 17.1 Å². The second-order valence-corrected chi connectivity index (χ2v) is 7.62. The Hall–Kier alpha value is -3.45. The van der Waals surface area contributed by atoms with Crippen LogP contribution in [-0.2, 0) is 17.1 Å². The number of hydrogen-bond donors (Lipinski definition) is 3. The average molecular weight is 514 g/mol. The van der Waals surface area contributed by atoms with Crippen molar-refractivity contribution in [2.45, 2.75) is 0 Å². The van der Waals surface area contributed by atoms with E-state index in [1.807, 2.05) is 36.4 Å². The fraction of sp³-hybridized carbons (Fsp3) is 0.222. The smallest absolute Gasteiger partial charge is 0.507 e.